The van der Waals surface area contributed by atoms with Crippen LogP contribution in [0.1, 0.15) is 29.9 Å². The summed E-state index contributed by atoms with van der Waals surface area (Å²) in [6, 6.07) is 7.14. The second-order valence-electron chi connectivity index (χ2n) is 8.43. The molecular weight excluding hydrogens is 444 g/mol. The number of nitrogens with one attached hydrogen (secondary N) is 3. The summed E-state index contributed by atoms with van der Waals surface area (Å²) in [4.78, 5) is 30.8. The third kappa shape index (κ3) is 4.32. The predicted molar refractivity (Wildman–Crippen MR) is 125 cm³/mol. The first-order valence-corrected chi connectivity index (χ1v) is 11.2. The van der Waals surface area contributed by atoms with E-state index in [1.165, 1.54) is 11.3 Å². The maximum Gasteiger partial charge on any atom is 0.268 e. The Morgan fingerprint density at radius 3 is 2.97 bits per heavy atom. The number of aromatic nitrogens is 4. The number of aryl methyl sites for hydroxylation is 1. The van der Waals surface area contributed by atoms with E-state index in [9.17, 15) is 14.7 Å². The lowest BCUT2D eigenvalue weighted by Gasteiger charge is -2.20. The number of anilines is 2. The van der Waals surface area contributed by atoms with Crippen molar-refractivity contribution in [3.8, 4) is 16.2 Å². The number of rotatable bonds is 6. The number of imidazole rings is 1. The van der Waals surface area contributed by atoms with Crippen molar-refractivity contribution in [2.24, 2.45) is 0 Å². The summed E-state index contributed by atoms with van der Waals surface area (Å²) in [5, 5.41) is 22.6. The van der Waals surface area contributed by atoms with Crippen molar-refractivity contribution in [3.63, 3.8) is 0 Å². The van der Waals surface area contributed by atoms with Crippen molar-refractivity contribution in [1.82, 2.24) is 19.7 Å². The fourth-order valence-corrected chi connectivity index (χ4v) is 4.45. The number of thiophene rings is 1. The van der Waals surface area contributed by atoms with Gasteiger partial charge >= 0.3 is 0 Å². The first kappa shape index (κ1) is 21.2. The second-order valence-corrected chi connectivity index (χ2v) is 9.51. The van der Waals surface area contributed by atoms with Gasteiger partial charge in [-0.15, -0.1) is 11.3 Å². The van der Waals surface area contributed by atoms with Crippen molar-refractivity contribution in [2.75, 3.05) is 17.2 Å². The molecule has 0 radical (unpaired) electrons. The van der Waals surface area contributed by atoms with E-state index in [-0.39, 0.29) is 18.4 Å². The maximum atomic E-state index is 13.0. The minimum atomic E-state index is -0.899. The van der Waals surface area contributed by atoms with Crippen LogP contribution >= 0.6 is 11.3 Å². The zero-order valence-electron chi connectivity index (χ0n) is 18.0. The summed E-state index contributed by atoms with van der Waals surface area (Å²) in [5.41, 5.74) is 1.87. The van der Waals surface area contributed by atoms with Crippen molar-refractivity contribution < 1.29 is 19.4 Å². The van der Waals surface area contributed by atoms with Crippen LogP contribution < -0.4 is 15.4 Å². The van der Waals surface area contributed by atoms with Gasteiger partial charge in [-0.2, -0.15) is 5.10 Å². The Kier molecular flexibility index (Phi) is 5.14. The summed E-state index contributed by atoms with van der Waals surface area (Å²) in [7, 11) is 0. The molecule has 0 saturated heterocycles. The van der Waals surface area contributed by atoms with Crippen LogP contribution in [0.4, 0.5) is 11.6 Å². The third-order valence-electron chi connectivity index (χ3n) is 5.27. The Hall–Kier alpha value is -3.70. The maximum absolute atomic E-state index is 13.0. The van der Waals surface area contributed by atoms with Crippen LogP contribution in [-0.2, 0) is 11.3 Å². The lowest BCUT2D eigenvalue weighted by molar-refractivity contribution is -0.118. The lowest BCUT2D eigenvalue weighted by atomic mass is 10.1. The van der Waals surface area contributed by atoms with Gasteiger partial charge in [-0.1, -0.05) is 0 Å². The number of nitrogens with zero attached hydrogens (tertiary/aromatic N) is 3. The number of benzene rings is 1. The molecule has 0 unspecified atom stereocenters. The van der Waals surface area contributed by atoms with Gasteiger partial charge in [0.1, 0.15) is 5.75 Å². The smallest absolute Gasteiger partial charge is 0.268 e. The number of fused-ring (bicyclic) bond motifs is 2. The number of aromatic amines is 1. The molecule has 0 spiro atoms. The molecule has 3 aromatic heterocycles. The first-order chi connectivity index (χ1) is 15.8. The highest BCUT2D eigenvalue weighted by atomic mass is 32.1. The van der Waals surface area contributed by atoms with Crippen LogP contribution in [0.2, 0.25) is 0 Å². The molecule has 5 rings (SSSR count). The molecule has 170 valence electrons. The summed E-state index contributed by atoms with van der Waals surface area (Å²) in [6.45, 7) is 3.82. The molecule has 0 fully saturated rings. The molecule has 0 saturated carbocycles. The van der Waals surface area contributed by atoms with Crippen molar-refractivity contribution in [2.45, 2.75) is 32.4 Å². The highest BCUT2D eigenvalue weighted by molar-refractivity contribution is 7.17. The number of hydrogen-bond acceptors (Lipinski definition) is 7. The Balaban J connectivity index is 1.49. The van der Waals surface area contributed by atoms with Crippen molar-refractivity contribution in [3.05, 3.63) is 41.5 Å². The molecule has 10 nitrogen and oxygen atoms in total. The van der Waals surface area contributed by atoms with E-state index in [0.717, 1.165) is 16.0 Å². The summed E-state index contributed by atoms with van der Waals surface area (Å²) >= 11 is 1.35. The molecule has 2 amide bonds. The van der Waals surface area contributed by atoms with Crippen LogP contribution in [0, 0.1) is 0 Å². The molecule has 1 aromatic carbocycles. The zero-order valence-corrected chi connectivity index (χ0v) is 18.8. The van der Waals surface area contributed by atoms with E-state index < -0.39 is 5.60 Å². The number of aliphatic hydroxyl groups is 1. The monoisotopic (exact) mass is 466 g/mol. The highest BCUT2D eigenvalue weighted by Gasteiger charge is 2.23. The zero-order chi connectivity index (χ0) is 23.2. The fraction of sp³-hybridized carbons (Fsp3) is 0.273. The van der Waals surface area contributed by atoms with E-state index in [2.05, 4.69) is 25.8 Å². The van der Waals surface area contributed by atoms with Crippen LogP contribution in [0.3, 0.4) is 0 Å². The number of H-pyrrole nitrogens is 1. The molecule has 0 bridgehead atoms. The molecule has 0 aliphatic carbocycles. The lowest BCUT2D eigenvalue weighted by Crippen LogP contribution is -2.25. The normalized spacial score (nSPS) is 13.5. The molecular formula is C22H22N6O4S. The Bertz CT molecular complexity index is 1350. The van der Waals surface area contributed by atoms with Gasteiger partial charge in [-0.25, -0.2) is 4.98 Å². The van der Waals surface area contributed by atoms with E-state index in [0.29, 0.717) is 40.7 Å². The quantitative estimate of drug-likeness (QED) is 0.345. The Labute approximate surface area is 192 Å². The predicted octanol–water partition coefficient (Wildman–Crippen LogP) is 3.23. The average molecular weight is 467 g/mol. The Morgan fingerprint density at radius 2 is 2.21 bits per heavy atom. The largest absolute Gasteiger partial charge is 0.482 e. The van der Waals surface area contributed by atoms with Crippen LogP contribution in [0.5, 0.6) is 5.75 Å². The molecule has 1 aliphatic heterocycles. The number of carbonyl (C=O) groups excluding carboxylic acids is 2. The number of amides is 2. The summed E-state index contributed by atoms with van der Waals surface area (Å²) in [5.74, 6) is 0.366. The van der Waals surface area contributed by atoms with E-state index >= 15 is 0 Å². The van der Waals surface area contributed by atoms with E-state index in [4.69, 9.17) is 4.74 Å². The standard InChI is InChI=1S/C22H22N6O4S/c1-22(2,31)5-6-28-15-8-16-14(25-19(29)11-32-16)7-13(15)26-21(28)27-20(30)18-4-3-17(33-18)12-9-23-24-10-12/h3-4,7-10,31H,5-6,11H2,1-2H3,(H,23,24)(H,25,29)(H,26,27,30). The SMILES string of the molecule is CC(C)(O)CCn1c(NC(=O)c2ccc(-c3cn[nH]c3)s2)nc2cc3c(cc21)OCC(=O)N3. The van der Waals surface area contributed by atoms with Crippen LogP contribution in [-0.4, -0.2) is 48.9 Å². The number of hydrogen-bond donors (Lipinski definition) is 4. The fourth-order valence-electron chi connectivity index (χ4n) is 3.57. The van der Waals surface area contributed by atoms with E-state index in [1.807, 2.05) is 10.6 Å². The average Bonchev–Trinajstić information content (AvgIpc) is 3.49. The van der Waals surface area contributed by atoms with Gasteiger partial charge in [0, 0.05) is 29.2 Å². The van der Waals surface area contributed by atoms with Gasteiger partial charge < -0.3 is 19.7 Å². The molecule has 0 atom stereocenters. The number of carbonyl (C=O) groups is 2. The number of ether oxygens (including phenoxy) is 1. The molecule has 11 heteroatoms. The summed E-state index contributed by atoms with van der Waals surface area (Å²) < 4.78 is 7.39. The topological polar surface area (TPSA) is 134 Å². The molecule has 4 heterocycles. The summed E-state index contributed by atoms with van der Waals surface area (Å²) in [6.07, 6.45) is 3.91. The van der Waals surface area contributed by atoms with Crippen molar-refractivity contribution >= 4 is 45.8 Å². The van der Waals surface area contributed by atoms with E-state index in [1.54, 1.807) is 44.4 Å². The molecule has 1 aliphatic rings. The van der Waals surface area contributed by atoms with Crippen LogP contribution in [0.15, 0.2) is 36.7 Å². The third-order valence-corrected chi connectivity index (χ3v) is 6.40. The van der Waals surface area contributed by atoms with Gasteiger partial charge in [0.2, 0.25) is 5.95 Å². The second kappa shape index (κ2) is 8.01. The van der Waals surface area contributed by atoms with Crippen molar-refractivity contribution in [1.29, 1.82) is 0 Å². The highest BCUT2D eigenvalue weighted by Crippen LogP contribution is 2.35. The molecule has 4 aromatic rings. The minimum Gasteiger partial charge on any atom is -0.482 e. The van der Waals surface area contributed by atoms with Gasteiger partial charge in [0.15, 0.2) is 6.61 Å². The van der Waals surface area contributed by atoms with Gasteiger partial charge in [0.05, 0.1) is 33.4 Å². The molecule has 33 heavy (non-hydrogen) atoms. The minimum absolute atomic E-state index is 0.0583. The van der Waals surface area contributed by atoms with Gasteiger partial charge in [0.25, 0.3) is 11.8 Å². The van der Waals surface area contributed by atoms with Crippen LogP contribution in [0.25, 0.3) is 21.5 Å². The Morgan fingerprint density at radius 1 is 1.36 bits per heavy atom. The molecule has 4 N–H and O–H groups in total. The van der Waals surface area contributed by atoms with Gasteiger partial charge in [-0.05, 0) is 38.5 Å². The van der Waals surface area contributed by atoms with Gasteiger partial charge in [-0.3, -0.25) is 20.0 Å². The first-order valence-electron chi connectivity index (χ1n) is 10.4.